The van der Waals surface area contributed by atoms with Crippen molar-refractivity contribution in [1.29, 1.82) is 0 Å². The van der Waals surface area contributed by atoms with Gasteiger partial charge in [-0.15, -0.1) is 0 Å². The number of anilines is 1. The van der Waals surface area contributed by atoms with E-state index in [1.165, 1.54) is 0 Å². The molecule has 6 heteroatoms. The highest BCUT2D eigenvalue weighted by Gasteiger charge is 2.42. The maximum atomic E-state index is 13.2. The number of fused-ring (bicyclic) bond motifs is 1. The van der Waals surface area contributed by atoms with Crippen molar-refractivity contribution in [2.75, 3.05) is 5.32 Å². The van der Waals surface area contributed by atoms with Gasteiger partial charge in [0.05, 0.1) is 11.1 Å². The lowest BCUT2D eigenvalue weighted by Gasteiger charge is -2.25. The first kappa shape index (κ1) is 22.3. The van der Waals surface area contributed by atoms with Crippen molar-refractivity contribution in [3.8, 4) is 11.5 Å². The topological polar surface area (TPSA) is 75.7 Å². The summed E-state index contributed by atoms with van der Waals surface area (Å²) in [5.74, 6) is 0.145. The number of carbonyl (C=O) groups excluding carboxylic acids is 3. The van der Waals surface area contributed by atoms with Gasteiger partial charge in [-0.2, -0.15) is 0 Å². The van der Waals surface area contributed by atoms with Crippen LogP contribution < -0.4 is 10.1 Å². The number of amides is 3. The van der Waals surface area contributed by atoms with Crippen LogP contribution in [-0.2, 0) is 4.79 Å². The summed E-state index contributed by atoms with van der Waals surface area (Å²) in [7, 11) is 0. The molecule has 6 nitrogen and oxygen atoms in total. The molecule has 0 saturated carbocycles. The fourth-order valence-electron chi connectivity index (χ4n) is 3.91. The third-order valence-corrected chi connectivity index (χ3v) is 5.62. The molecule has 1 aliphatic rings. The Bertz CT molecular complexity index is 1150. The van der Waals surface area contributed by atoms with Gasteiger partial charge in [-0.1, -0.05) is 44.0 Å². The van der Waals surface area contributed by atoms with Crippen LogP contribution in [0.2, 0.25) is 0 Å². The number of unbranched alkanes of at least 4 members (excludes halogenated alkanes) is 1. The smallest absolute Gasteiger partial charge is 0.262 e. The number of hydrogen-bond acceptors (Lipinski definition) is 4. The molecule has 0 fully saturated rings. The Balaban J connectivity index is 1.49. The Morgan fingerprint density at radius 3 is 2.18 bits per heavy atom. The van der Waals surface area contributed by atoms with E-state index in [0.717, 1.165) is 29.1 Å². The van der Waals surface area contributed by atoms with Gasteiger partial charge < -0.3 is 10.1 Å². The second-order valence-corrected chi connectivity index (χ2v) is 8.12. The average Bonchev–Trinajstić information content (AvgIpc) is 3.06. The molecule has 1 N–H and O–H groups in total. The molecule has 4 rings (SSSR count). The van der Waals surface area contributed by atoms with Gasteiger partial charge >= 0.3 is 0 Å². The quantitative estimate of drug-likeness (QED) is 0.462. The van der Waals surface area contributed by atoms with E-state index in [4.69, 9.17) is 4.74 Å². The van der Waals surface area contributed by atoms with E-state index in [1.54, 1.807) is 48.5 Å². The molecule has 0 aliphatic carbocycles. The maximum Gasteiger partial charge on any atom is 0.262 e. The van der Waals surface area contributed by atoms with Crippen molar-refractivity contribution >= 4 is 23.4 Å². The predicted molar refractivity (Wildman–Crippen MR) is 127 cm³/mol. The molecule has 0 aromatic heterocycles. The zero-order valence-electron chi connectivity index (χ0n) is 18.7. The predicted octanol–water partition coefficient (Wildman–Crippen LogP) is 5.58. The van der Waals surface area contributed by atoms with Gasteiger partial charge in [0.2, 0.25) is 5.91 Å². The summed E-state index contributed by atoms with van der Waals surface area (Å²) in [5, 5.41) is 2.86. The zero-order chi connectivity index (χ0) is 23.4. The van der Waals surface area contributed by atoms with Crippen LogP contribution in [0.15, 0.2) is 72.8 Å². The molecular formula is C27H26N2O4. The number of imide groups is 1. The van der Waals surface area contributed by atoms with Gasteiger partial charge in [-0.3, -0.25) is 19.3 Å². The molecular weight excluding hydrogens is 416 g/mol. The van der Waals surface area contributed by atoms with Crippen molar-refractivity contribution in [2.24, 2.45) is 0 Å². The standard InChI is InChI=1S/C27H26N2O4/c1-3-4-12-24(29-26(31)22-10-5-6-11-23(22)27(29)32)25(30)28-19-13-15-20(16-14-19)33-21-9-7-8-18(2)17-21/h5-11,13-17,24H,3-4,12H2,1-2H3,(H,28,30)/t24-/m0/s1. The lowest BCUT2D eigenvalue weighted by Crippen LogP contribution is -2.47. The van der Waals surface area contributed by atoms with E-state index in [0.29, 0.717) is 29.0 Å². The SMILES string of the molecule is CCCC[C@@H](C(=O)Nc1ccc(Oc2cccc(C)c2)cc1)N1C(=O)c2ccccc2C1=O. The highest BCUT2D eigenvalue weighted by molar-refractivity contribution is 6.23. The number of hydrogen-bond donors (Lipinski definition) is 1. The lowest BCUT2D eigenvalue weighted by atomic mass is 10.1. The minimum Gasteiger partial charge on any atom is -0.457 e. The summed E-state index contributed by atoms with van der Waals surface area (Å²) in [5.41, 5.74) is 2.35. The molecule has 0 saturated heterocycles. The van der Waals surface area contributed by atoms with Crippen LogP contribution in [0.1, 0.15) is 52.5 Å². The van der Waals surface area contributed by atoms with Crippen LogP contribution in [-0.4, -0.2) is 28.7 Å². The minimum absolute atomic E-state index is 0.342. The van der Waals surface area contributed by atoms with E-state index in [1.807, 2.05) is 38.1 Å². The van der Waals surface area contributed by atoms with Crippen LogP contribution >= 0.6 is 0 Å². The van der Waals surface area contributed by atoms with E-state index in [2.05, 4.69) is 5.32 Å². The van der Waals surface area contributed by atoms with Gasteiger partial charge in [0, 0.05) is 5.69 Å². The van der Waals surface area contributed by atoms with Crippen LogP contribution in [0.3, 0.4) is 0 Å². The third-order valence-electron chi connectivity index (χ3n) is 5.62. The molecule has 1 atom stereocenters. The number of benzene rings is 3. The fourth-order valence-corrected chi connectivity index (χ4v) is 3.91. The van der Waals surface area contributed by atoms with Crippen LogP contribution in [0, 0.1) is 6.92 Å². The molecule has 0 bridgehead atoms. The Morgan fingerprint density at radius 1 is 0.909 bits per heavy atom. The van der Waals surface area contributed by atoms with E-state index in [-0.39, 0.29) is 5.91 Å². The summed E-state index contributed by atoms with van der Waals surface area (Å²) in [6.07, 6.45) is 1.97. The molecule has 3 amide bonds. The molecule has 168 valence electrons. The first-order valence-electron chi connectivity index (χ1n) is 11.1. The number of ether oxygens (including phenoxy) is 1. The Labute approximate surface area is 193 Å². The lowest BCUT2D eigenvalue weighted by molar-refractivity contribution is -0.120. The Morgan fingerprint density at radius 2 is 1.58 bits per heavy atom. The van der Waals surface area contributed by atoms with Crippen LogP contribution in [0.25, 0.3) is 0 Å². The minimum atomic E-state index is -0.874. The third kappa shape index (κ3) is 4.80. The van der Waals surface area contributed by atoms with Crippen molar-refractivity contribution in [3.63, 3.8) is 0 Å². The summed E-state index contributed by atoms with van der Waals surface area (Å²) in [6, 6.07) is 20.6. The first-order valence-corrected chi connectivity index (χ1v) is 11.1. The first-order chi connectivity index (χ1) is 16.0. The van der Waals surface area contributed by atoms with Crippen molar-refractivity contribution < 1.29 is 19.1 Å². The van der Waals surface area contributed by atoms with Crippen LogP contribution in [0.4, 0.5) is 5.69 Å². The molecule has 0 spiro atoms. The number of aryl methyl sites for hydroxylation is 1. The van der Waals surface area contributed by atoms with E-state index < -0.39 is 17.9 Å². The molecule has 33 heavy (non-hydrogen) atoms. The Hall–Kier alpha value is -3.93. The second-order valence-electron chi connectivity index (χ2n) is 8.12. The zero-order valence-corrected chi connectivity index (χ0v) is 18.7. The highest BCUT2D eigenvalue weighted by Crippen LogP contribution is 2.28. The number of carbonyl (C=O) groups is 3. The number of nitrogens with zero attached hydrogens (tertiary/aromatic N) is 1. The normalized spacial score (nSPS) is 13.6. The second kappa shape index (κ2) is 9.69. The van der Waals surface area contributed by atoms with Crippen molar-refractivity contribution in [2.45, 2.75) is 39.2 Å². The number of rotatable bonds is 8. The average molecular weight is 443 g/mol. The monoisotopic (exact) mass is 442 g/mol. The van der Waals surface area contributed by atoms with Gasteiger partial charge in [0.1, 0.15) is 17.5 Å². The van der Waals surface area contributed by atoms with E-state index >= 15 is 0 Å². The van der Waals surface area contributed by atoms with Gasteiger partial charge in [0.15, 0.2) is 0 Å². The van der Waals surface area contributed by atoms with Gasteiger partial charge in [-0.25, -0.2) is 0 Å². The molecule has 1 heterocycles. The van der Waals surface area contributed by atoms with E-state index in [9.17, 15) is 14.4 Å². The molecule has 0 radical (unpaired) electrons. The molecule has 3 aromatic rings. The van der Waals surface area contributed by atoms with Gasteiger partial charge in [-0.05, 0) is 67.4 Å². The fraction of sp³-hybridized carbons (Fsp3) is 0.222. The largest absolute Gasteiger partial charge is 0.457 e. The molecule has 1 aliphatic heterocycles. The summed E-state index contributed by atoms with van der Waals surface area (Å²) < 4.78 is 5.85. The maximum absolute atomic E-state index is 13.2. The molecule has 3 aromatic carbocycles. The number of nitrogens with one attached hydrogen (secondary N) is 1. The summed E-state index contributed by atoms with van der Waals surface area (Å²) in [6.45, 7) is 4.00. The van der Waals surface area contributed by atoms with Crippen LogP contribution in [0.5, 0.6) is 11.5 Å². The summed E-state index contributed by atoms with van der Waals surface area (Å²) in [4.78, 5) is 40.1. The molecule has 0 unspecified atom stereocenters. The summed E-state index contributed by atoms with van der Waals surface area (Å²) >= 11 is 0. The highest BCUT2D eigenvalue weighted by atomic mass is 16.5. The van der Waals surface area contributed by atoms with Crippen molar-refractivity contribution in [1.82, 2.24) is 4.90 Å². The Kier molecular flexibility index (Phi) is 6.54. The van der Waals surface area contributed by atoms with Gasteiger partial charge in [0.25, 0.3) is 11.8 Å². The van der Waals surface area contributed by atoms with Crippen molar-refractivity contribution in [3.05, 3.63) is 89.5 Å².